The molecule has 0 radical (unpaired) electrons. The third kappa shape index (κ3) is 5.51. The van der Waals surface area contributed by atoms with Crippen molar-refractivity contribution in [1.82, 2.24) is 14.9 Å². The smallest absolute Gasteiger partial charge is 0.262 e. The van der Waals surface area contributed by atoms with Crippen molar-refractivity contribution >= 4 is 28.6 Å². The third-order valence-corrected chi connectivity index (χ3v) is 6.19. The fourth-order valence-electron chi connectivity index (χ4n) is 3.59. The predicted octanol–water partition coefficient (Wildman–Crippen LogP) is 3.17. The molecule has 4 rings (SSSR count). The maximum Gasteiger partial charge on any atom is 0.262 e. The molecule has 162 valence electrons. The lowest BCUT2D eigenvalue weighted by atomic mass is 10.1. The second kappa shape index (κ2) is 10.1. The number of carbonyl (C=O) groups excluding carboxylic acids is 1. The van der Waals surface area contributed by atoms with E-state index in [9.17, 15) is 14.0 Å². The van der Waals surface area contributed by atoms with Gasteiger partial charge in [0, 0.05) is 13.2 Å². The van der Waals surface area contributed by atoms with Crippen LogP contribution in [0.3, 0.4) is 0 Å². The second-order valence-electron chi connectivity index (χ2n) is 7.48. The van der Waals surface area contributed by atoms with Crippen LogP contribution < -0.4 is 10.9 Å². The van der Waals surface area contributed by atoms with Gasteiger partial charge in [-0.1, -0.05) is 36.0 Å². The molecule has 3 aromatic rings. The third-order valence-electron chi connectivity index (χ3n) is 5.22. The van der Waals surface area contributed by atoms with E-state index >= 15 is 0 Å². The summed E-state index contributed by atoms with van der Waals surface area (Å²) >= 11 is 1.25. The van der Waals surface area contributed by atoms with Crippen LogP contribution in [-0.2, 0) is 22.5 Å². The topological polar surface area (TPSA) is 73.2 Å². The molecule has 1 atom stereocenters. The number of nitrogens with one attached hydrogen (secondary N) is 1. The molecule has 1 aromatic heterocycles. The molecule has 0 aliphatic carbocycles. The van der Waals surface area contributed by atoms with Crippen molar-refractivity contribution in [2.75, 3.05) is 18.9 Å². The normalized spacial score (nSPS) is 16.0. The summed E-state index contributed by atoms with van der Waals surface area (Å²) in [5.41, 5.74) is 1.46. The number of carbonyl (C=O) groups is 1. The highest BCUT2D eigenvalue weighted by molar-refractivity contribution is 7.99. The lowest BCUT2D eigenvalue weighted by molar-refractivity contribution is -0.118. The first-order chi connectivity index (χ1) is 15.1. The molecule has 8 heteroatoms. The molecule has 0 spiro atoms. The largest absolute Gasteiger partial charge is 0.376 e. The van der Waals surface area contributed by atoms with Gasteiger partial charge in [-0.15, -0.1) is 0 Å². The van der Waals surface area contributed by atoms with Crippen LogP contribution in [0.5, 0.6) is 0 Å². The number of aromatic nitrogens is 2. The number of para-hydroxylation sites is 1. The van der Waals surface area contributed by atoms with E-state index in [0.29, 0.717) is 42.2 Å². The highest BCUT2D eigenvalue weighted by atomic mass is 32.2. The Balaban J connectivity index is 1.42. The molecule has 1 N–H and O–H groups in total. The van der Waals surface area contributed by atoms with Gasteiger partial charge in [0.05, 0.1) is 29.3 Å². The standard InChI is InChI=1S/C23H24FN3O3S/c24-17-9-7-16(8-10-17)11-12-25-21(28)15-31-23-26-20-6-2-1-5-19(20)22(29)27(23)14-18-4-3-13-30-18/h1-2,5-10,18H,3-4,11-15H2,(H,25,28). The van der Waals surface area contributed by atoms with Crippen LogP contribution >= 0.6 is 11.8 Å². The Kier molecular flexibility index (Phi) is 6.99. The molecule has 6 nitrogen and oxygen atoms in total. The second-order valence-corrected chi connectivity index (χ2v) is 8.42. The van der Waals surface area contributed by atoms with Gasteiger partial charge in [0.25, 0.3) is 5.56 Å². The van der Waals surface area contributed by atoms with Gasteiger partial charge in [-0.3, -0.25) is 14.2 Å². The molecule has 1 amide bonds. The van der Waals surface area contributed by atoms with E-state index in [1.165, 1.54) is 23.9 Å². The Morgan fingerprint density at radius 2 is 2.03 bits per heavy atom. The predicted molar refractivity (Wildman–Crippen MR) is 119 cm³/mol. The first-order valence-corrected chi connectivity index (χ1v) is 11.3. The van der Waals surface area contributed by atoms with Crippen molar-refractivity contribution < 1.29 is 13.9 Å². The summed E-state index contributed by atoms with van der Waals surface area (Å²) in [7, 11) is 0. The first-order valence-electron chi connectivity index (χ1n) is 10.4. The fourth-order valence-corrected chi connectivity index (χ4v) is 4.43. The van der Waals surface area contributed by atoms with Crippen LogP contribution in [0.2, 0.25) is 0 Å². The summed E-state index contributed by atoms with van der Waals surface area (Å²) in [6, 6.07) is 13.5. The summed E-state index contributed by atoms with van der Waals surface area (Å²) in [6.07, 6.45) is 2.51. The van der Waals surface area contributed by atoms with Gasteiger partial charge < -0.3 is 10.1 Å². The number of rotatable bonds is 8. The zero-order valence-electron chi connectivity index (χ0n) is 17.1. The van der Waals surface area contributed by atoms with Crippen LogP contribution in [0.1, 0.15) is 18.4 Å². The van der Waals surface area contributed by atoms with Crippen molar-refractivity contribution in [2.24, 2.45) is 0 Å². The first kappa shape index (κ1) is 21.5. The van der Waals surface area contributed by atoms with Crippen LogP contribution in [0.25, 0.3) is 10.9 Å². The minimum Gasteiger partial charge on any atom is -0.376 e. The van der Waals surface area contributed by atoms with Gasteiger partial charge in [-0.25, -0.2) is 9.37 Å². The molecule has 0 bridgehead atoms. The minimum absolute atomic E-state index is 0.00968. The van der Waals surface area contributed by atoms with Crippen molar-refractivity contribution in [3.8, 4) is 0 Å². The van der Waals surface area contributed by atoms with Crippen molar-refractivity contribution in [3.63, 3.8) is 0 Å². The number of ether oxygens (including phenoxy) is 1. The fraction of sp³-hybridized carbons (Fsp3) is 0.348. The van der Waals surface area contributed by atoms with E-state index in [1.54, 1.807) is 28.8 Å². The number of amides is 1. The highest BCUT2D eigenvalue weighted by Gasteiger charge is 2.20. The van der Waals surface area contributed by atoms with Gasteiger partial charge in [-0.05, 0) is 49.1 Å². The Bertz CT molecular complexity index is 1110. The van der Waals surface area contributed by atoms with Crippen LogP contribution in [0, 0.1) is 5.82 Å². The van der Waals surface area contributed by atoms with E-state index < -0.39 is 0 Å². The average molecular weight is 442 g/mol. The summed E-state index contributed by atoms with van der Waals surface area (Å²) in [6.45, 7) is 1.60. The summed E-state index contributed by atoms with van der Waals surface area (Å²) in [5, 5.41) is 3.95. The monoisotopic (exact) mass is 441 g/mol. The van der Waals surface area contributed by atoms with Crippen LogP contribution in [-0.4, -0.2) is 40.5 Å². The minimum atomic E-state index is -0.277. The Labute approximate surface area is 183 Å². The van der Waals surface area contributed by atoms with Crippen molar-refractivity contribution in [2.45, 2.75) is 37.1 Å². The molecule has 1 unspecified atom stereocenters. The van der Waals surface area contributed by atoms with E-state index in [0.717, 1.165) is 18.4 Å². The summed E-state index contributed by atoms with van der Waals surface area (Å²) < 4.78 is 20.3. The zero-order chi connectivity index (χ0) is 21.6. The van der Waals surface area contributed by atoms with Gasteiger partial charge in [-0.2, -0.15) is 0 Å². The lowest BCUT2D eigenvalue weighted by Gasteiger charge is -2.16. The molecule has 1 saturated heterocycles. The van der Waals surface area contributed by atoms with Gasteiger partial charge in [0.2, 0.25) is 5.91 Å². The number of thioether (sulfide) groups is 1. The number of nitrogens with zero attached hydrogens (tertiary/aromatic N) is 2. The average Bonchev–Trinajstić information content (AvgIpc) is 3.29. The number of hydrogen-bond acceptors (Lipinski definition) is 5. The lowest BCUT2D eigenvalue weighted by Crippen LogP contribution is -2.30. The van der Waals surface area contributed by atoms with Gasteiger partial charge in [0.15, 0.2) is 5.16 Å². The summed E-state index contributed by atoms with van der Waals surface area (Å²) in [5.74, 6) is -0.265. The Morgan fingerprint density at radius 3 is 2.81 bits per heavy atom. The van der Waals surface area contributed by atoms with Crippen molar-refractivity contribution in [3.05, 3.63) is 70.3 Å². The number of halogens is 1. The SMILES string of the molecule is O=C(CSc1nc2ccccc2c(=O)n1CC1CCCO1)NCCc1ccc(F)cc1. The maximum absolute atomic E-state index is 13.1. The number of fused-ring (bicyclic) bond motifs is 1. The van der Waals surface area contributed by atoms with Crippen LogP contribution in [0.15, 0.2) is 58.5 Å². The van der Waals surface area contributed by atoms with Crippen LogP contribution in [0.4, 0.5) is 4.39 Å². The molecule has 2 aromatic carbocycles. The van der Waals surface area contributed by atoms with E-state index in [2.05, 4.69) is 10.3 Å². The molecule has 1 aliphatic heterocycles. The molecule has 31 heavy (non-hydrogen) atoms. The maximum atomic E-state index is 13.1. The molecule has 0 saturated carbocycles. The van der Waals surface area contributed by atoms with E-state index in [-0.39, 0.29) is 29.1 Å². The van der Waals surface area contributed by atoms with E-state index in [1.807, 2.05) is 12.1 Å². The molecular weight excluding hydrogens is 417 g/mol. The highest BCUT2D eigenvalue weighted by Crippen LogP contribution is 2.21. The van der Waals surface area contributed by atoms with Gasteiger partial charge >= 0.3 is 0 Å². The molecular formula is C23H24FN3O3S. The molecule has 1 fully saturated rings. The zero-order valence-corrected chi connectivity index (χ0v) is 17.9. The van der Waals surface area contributed by atoms with Gasteiger partial charge in [0.1, 0.15) is 5.82 Å². The Morgan fingerprint density at radius 1 is 1.23 bits per heavy atom. The summed E-state index contributed by atoms with van der Waals surface area (Å²) in [4.78, 5) is 30.0. The Hall–Kier alpha value is -2.71. The molecule has 1 aliphatic rings. The number of benzene rings is 2. The number of hydrogen-bond donors (Lipinski definition) is 1. The quantitative estimate of drug-likeness (QED) is 0.429. The van der Waals surface area contributed by atoms with E-state index in [4.69, 9.17) is 4.74 Å². The molecule has 2 heterocycles. The van der Waals surface area contributed by atoms with Crippen molar-refractivity contribution in [1.29, 1.82) is 0 Å².